The molecule has 0 aliphatic carbocycles. The van der Waals surface area contributed by atoms with Gasteiger partial charge in [0.1, 0.15) is 0 Å². The molecular formula is C21H12N4O. The minimum Gasteiger partial charge on any atom is -0.288 e. The number of imidazole rings is 1. The van der Waals surface area contributed by atoms with Crippen LogP contribution in [0.3, 0.4) is 0 Å². The van der Waals surface area contributed by atoms with E-state index in [0.717, 1.165) is 22.1 Å². The molecule has 26 heavy (non-hydrogen) atoms. The quantitative estimate of drug-likeness (QED) is 0.313. The Bertz CT molecular complexity index is 1560. The molecule has 0 amide bonds. The first-order valence-corrected chi connectivity index (χ1v) is 8.42. The van der Waals surface area contributed by atoms with Crippen LogP contribution < -0.4 is 5.56 Å². The average molecular weight is 336 g/mol. The summed E-state index contributed by atoms with van der Waals surface area (Å²) in [5, 5.41) is 0.607. The van der Waals surface area contributed by atoms with Crippen molar-refractivity contribution in [2.75, 3.05) is 0 Å². The van der Waals surface area contributed by atoms with Crippen molar-refractivity contribution in [1.82, 2.24) is 18.8 Å². The largest absolute Gasteiger partial charge is 0.288 e. The zero-order chi connectivity index (χ0) is 17.3. The van der Waals surface area contributed by atoms with Crippen LogP contribution in [0.1, 0.15) is 0 Å². The highest BCUT2D eigenvalue weighted by atomic mass is 16.1. The Balaban J connectivity index is 2.07. The molecule has 0 aliphatic heterocycles. The van der Waals surface area contributed by atoms with E-state index in [1.54, 1.807) is 4.40 Å². The number of nitrogens with zero attached hydrogens (tertiary/aromatic N) is 4. The Labute approximate surface area is 146 Å². The van der Waals surface area contributed by atoms with Gasteiger partial charge in [-0.2, -0.15) is 0 Å². The van der Waals surface area contributed by atoms with E-state index in [9.17, 15) is 4.79 Å². The van der Waals surface area contributed by atoms with E-state index in [0.29, 0.717) is 22.2 Å². The minimum atomic E-state index is -0.0728. The fourth-order valence-corrected chi connectivity index (χ4v) is 3.77. The number of fused-ring (bicyclic) bond motifs is 9. The Morgan fingerprint density at radius 1 is 0.577 bits per heavy atom. The fourth-order valence-electron chi connectivity index (χ4n) is 3.77. The van der Waals surface area contributed by atoms with Crippen molar-refractivity contribution in [3.8, 4) is 0 Å². The van der Waals surface area contributed by atoms with Gasteiger partial charge in [0.2, 0.25) is 0 Å². The lowest BCUT2D eigenvalue weighted by Gasteiger charge is -2.10. The van der Waals surface area contributed by atoms with Crippen LogP contribution in [0.25, 0.3) is 44.3 Å². The molecule has 3 aromatic carbocycles. The van der Waals surface area contributed by atoms with E-state index in [1.807, 2.05) is 72.8 Å². The molecule has 3 aromatic heterocycles. The van der Waals surface area contributed by atoms with Gasteiger partial charge in [-0.05, 0) is 36.4 Å². The monoisotopic (exact) mass is 336 g/mol. The normalized spacial score (nSPS) is 12.0. The van der Waals surface area contributed by atoms with E-state index < -0.39 is 0 Å². The van der Waals surface area contributed by atoms with Gasteiger partial charge in [0.05, 0.1) is 33.0 Å². The molecule has 5 heteroatoms. The van der Waals surface area contributed by atoms with Crippen LogP contribution in [0.5, 0.6) is 0 Å². The fraction of sp³-hybridized carbons (Fsp3) is 0. The van der Waals surface area contributed by atoms with Gasteiger partial charge < -0.3 is 0 Å². The lowest BCUT2D eigenvalue weighted by Crippen LogP contribution is -2.17. The van der Waals surface area contributed by atoms with Crippen molar-refractivity contribution in [3.05, 3.63) is 83.2 Å². The number of rotatable bonds is 0. The van der Waals surface area contributed by atoms with Crippen molar-refractivity contribution in [1.29, 1.82) is 0 Å². The van der Waals surface area contributed by atoms with Crippen LogP contribution in [0, 0.1) is 0 Å². The molecule has 122 valence electrons. The maximum absolute atomic E-state index is 13.2. The van der Waals surface area contributed by atoms with Gasteiger partial charge in [-0.25, -0.2) is 9.97 Å². The van der Waals surface area contributed by atoms with Crippen LogP contribution in [-0.4, -0.2) is 18.8 Å². The molecule has 0 bridgehead atoms. The zero-order valence-corrected chi connectivity index (χ0v) is 13.6. The number of benzene rings is 3. The topological polar surface area (TPSA) is 51.7 Å². The summed E-state index contributed by atoms with van der Waals surface area (Å²) in [5.41, 5.74) is 5.51. The highest BCUT2D eigenvalue weighted by Gasteiger charge is 2.16. The Morgan fingerprint density at radius 2 is 1.12 bits per heavy atom. The Hall–Kier alpha value is -3.73. The number of hydrogen-bond donors (Lipinski definition) is 0. The van der Waals surface area contributed by atoms with Crippen LogP contribution in [0.15, 0.2) is 77.6 Å². The maximum atomic E-state index is 13.2. The standard InChI is InChI=1S/C21H12N4O/c26-21-13-7-1-2-8-14(13)22-20-19-23-15-9-3-4-10-16(15)24(19)17-11-5-6-12-18(17)25(20)21/h1-12H. The summed E-state index contributed by atoms with van der Waals surface area (Å²) in [4.78, 5) is 22.8. The number of hydrogen-bond acceptors (Lipinski definition) is 3. The van der Waals surface area contributed by atoms with E-state index in [1.165, 1.54) is 0 Å². The lowest BCUT2D eigenvalue weighted by atomic mass is 10.2. The van der Waals surface area contributed by atoms with Gasteiger partial charge >= 0.3 is 0 Å². The molecule has 0 fully saturated rings. The van der Waals surface area contributed by atoms with E-state index >= 15 is 0 Å². The van der Waals surface area contributed by atoms with Gasteiger partial charge in [-0.1, -0.05) is 36.4 Å². The first-order chi connectivity index (χ1) is 12.8. The van der Waals surface area contributed by atoms with Crippen molar-refractivity contribution in [2.24, 2.45) is 0 Å². The van der Waals surface area contributed by atoms with Gasteiger partial charge in [-0.15, -0.1) is 0 Å². The van der Waals surface area contributed by atoms with Crippen LogP contribution in [-0.2, 0) is 0 Å². The number of aromatic nitrogens is 4. The summed E-state index contributed by atoms with van der Waals surface area (Å²) in [6.45, 7) is 0. The molecule has 6 rings (SSSR count). The second-order valence-electron chi connectivity index (χ2n) is 6.34. The predicted molar refractivity (Wildman–Crippen MR) is 103 cm³/mol. The SMILES string of the molecule is O=c1c2ccccc2nc2c3nc4ccccc4n3c3ccccc3n12. The van der Waals surface area contributed by atoms with Crippen molar-refractivity contribution < 1.29 is 0 Å². The molecule has 0 spiro atoms. The maximum Gasteiger partial charge on any atom is 0.266 e. The summed E-state index contributed by atoms with van der Waals surface area (Å²) < 4.78 is 3.76. The smallest absolute Gasteiger partial charge is 0.266 e. The van der Waals surface area contributed by atoms with Gasteiger partial charge in [-0.3, -0.25) is 13.6 Å². The summed E-state index contributed by atoms with van der Waals surface area (Å²) in [6.07, 6.45) is 0. The van der Waals surface area contributed by atoms with Gasteiger partial charge in [0, 0.05) is 0 Å². The molecular weight excluding hydrogens is 324 g/mol. The number of para-hydroxylation sites is 5. The molecule has 0 saturated heterocycles. The van der Waals surface area contributed by atoms with Crippen LogP contribution in [0.4, 0.5) is 0 Å². The first kappa shape index (κ1) is 13.5. The molecule has 6 aromatic rings. The molecule has 5 nitrogen and oxygen atoms in total. The van der Waals surface area contributed by atoms with Crippen LogP contribution in [0.2, 0.25) is 0 Å². The van der Waals surface area contributed by atoms with E-state index in [2.05, 4.69) is 4.40 Å². The molecule has 0 atom stereocenters. The minimum absolute atomic E-state index is 0.0728. The second kappa shape index (κ2) is 4.67. The highest BCUT2D eigenvalue weighted by Crippen LogP contribution is 2.26. The molecule has 3 heterocycles. The predicted octanol–water partition coefficient (Wildman–Crippen LogP) is 3.80. The average Bonchev–Trinajstić information content (AvgIpc) is 3.08. The van der Waals surface area contributed by atoms with Gasteiger partial charge in [0.25, 0.3) is 5.56 Å². The van der Waals surface area contributed by atoms with Crippen LogP contribution >= 0.6 is 0 Å². The Kier molecular flexibility index (Phi) is 2.43. The molecule has 0 N–H and O–H groups in total. The first-order valence-electron chi connectivity index (χ1n) is 8.42. The third-order valence-corrected chi connectivity index (χ3v) is 4.90. The second-order valence-corrected chi connectivity index (χ2v) is 6.34. The van der Waals surface area contributed by atoms with Crippen molar-refractivity contribution >= 4 is 44.3 Å². The third-order valence-electron chi connectivity index (χ3n) is 4.90. The Morgan fingerprint density at radius 3 is 1.92 bits per heavy atom. The van der Waals surface area contributed by atoms with Crippen molar-refractivity contribution in [2.45, 2.75) is 0 Å². The molecule has 0 saturated carbocycles. The summed E-state index contributed by atoms with van der Waals surface area (Å²) in [5.74, 6) is 0. The molecule has 0 aliphatic rings. The lowest BCUT2D eigenvalue weighted by molar-refractivity contribution is 1.10. The third kappa shape index (κ3) is 1.57. The summed E-state index contributed by atoms with van der Waals surface area (Å²) in [6, 6.07) is 23.3. The van der Waals surface area contributed by atoms with Crippen molar-refractivity contribution in [3.63, 3.8) is 0 Å². The van der Waals surface area contributed by atoms with Gasteiger partial charge in [0.15, 0.2) is 11.3 Å². The summed E-state index contributed by atoms with van der Waals surface area (Å²) in [7, 11) is 0. The molecule has 0 radical (unpaired) electrons. The van der Waals surface area contributed by atoms with E-state index in [4.69, 9.17) is 9.97 Å². The highest BCUT2D eigenvalue weighted by molar-refractivity contribution is 5.95. The van der Waals surface area contributed by atoms with E-state index in [-0.39, 0.29) is 5.56 Å². The molecule has 0 unspecified atom stereocenters. The summed E-state index contributed by atoms with van der Waals surface area (Å²) >= 11 is 0. The zero-order valence-electron chi connectivity index (χ0n) is 13.6.